The van der Waals surface area contributed by atoms with Gasteiger partial charge in [-0.3, -0.25) is 9.59 Å². The van der Waals surface area contributed by atoms with Crippen molar-refractivity contribution in [3.63, 3.8) is 0 Å². The minimum absolute atomic E-state index is 0.154. The van der Waals surface area contributed by atoms with E-state index in [9.17, 15) is 9.59 Å². The zero-order valence-electron chi connectivity index (χ0n) is 14.5. The quantitative estimate of drug-likeness (QED) is 0.902. The fourth-order valence-corrected chi connectivity index (χ4v) is 3.00. The predicted molar refractivity (Wildman–Crippen MR) is 94.0 cm³/mol. The van der Waals surface area contributed by atoms with Crippen LogP contribution in [-0.4, -0.2) is 48.2 Å². The Hall–Kier alpha value is -2.60. The Kier molecular flexibility index (Phi) is 4.90. The van der Waals surface area contributed by atoms with E-state index in [1.54, 1.807) is 31.1 Å². The first-order valence-electron chi connectivity index (χ1n) is 8.25. The van der Waals surface area contributed by atoms with Crippen LogP contribution in [0.15, 0.2) is 47.3 Å². The number of rotatable bonds is 5. The van der Waals surface area contributed by atoms with Gasteiger partial charge in [0, 0.05) is 19.3 Å². The third kappa shape index (κ3) is 3.74. The lowest BCUT2D eigenvalue weighted by atomic mass is 10.0. The molecule has 1 aliphatic heterocycles. The van der Waals surface area contributed by atoms with Crippen molar-refractivity contribution in [3.05, 3.63) is 64.1 Å². The van der Waals surface area contributed by atoms with Crippen molar-refractivity contribution < 1.29 is 14.3 Å². The van der Waals surface area contributed by atoms with Crippen LogP contribution in [0.4, 0.5) is 0 Å². The summed E-state index contributed by atoms with van der Waals surface area (Å²) in [5, 5.41) is 0. The molecule has 0 bridgehead atoms. The first-order valence-corrected chi connectivity index (χ1v) is 8.25. The number of aromatic amines is 1. The number of H-pyrrole nitrogens is 1. The molecule has 1 aromatic carbocycles. The van der Waals surface area contributed by atoms with Crippen molar-refractivity contribution in [3.8, 4) is 5.75 Å². The number of hydrogen-bond acceptors (Lipinski definition) is 4. The van der Waals surface area contributed by atoms with Gasteiger partial charge in [0.05, 0.1) is 6.54 Å². The van der Waals surface area contributed by atoms with Gasteiger partial charge in [0.15, 0.2) is 0 Å². The van der Waals surface area contributed by atoms with Gasteiger partial charge in [0.2, 0.25) is 0 Å². The molecule has 1 atom stereocenters. The summed E-state index contributed by atoms with van der Waals surface area (Å²) in [4.78, 5) is 29.0. The standard InChI is InChI=1S/C19H22N2O4/c1-14-8-9-16(17(22)20-14)18(23)21-11-10-19(12-21,24-2)13-25-15-6-4-3-5-7-15/h3-9H,10-13H2,1-2H3,(H,20,22)/t19-/m1/s1. The van der Waals surface area contributed by atoms with Gasteiger partial charge in [-0.2, -0.15) is 0 Å². The number of nitrogens with zero attached hydrogens (tertiary/aromatic N) is 1. The number of pyridine rings is 1. The minimum atomic E-state index is -0.567. The molecule has 1 fully saturated rings. The van der Waals surface area contributed by atoms with Gasteiger partial charge >= 0.3 is 0 Å². The summed E-state index contributed by atoms with van der Waals surface area (Å²) in [7, 11) is 1.63. The molecule has 6 heteroatoms. The van der Waals surface area contributed by atoms with Gasteiger partial charge in [-0.1, -0.05) is 18.2 Å². The van der Waals surface area contributed by atoms with E-state index < -0.39 is 5.60 Å². The molecule has 2 aromatic rings. The minimum Gasteiger partial charge on any atom is -0.491 e. The molecule has 1 saturated heterocycles. The van der Waals surface area contributed by atoms with Crippen LogP contribution < -0.4 is 10.3 Å². The first-order chi connectivity index (χ1) is 12.0. The Morgan fingerprint density at radius 1 is 1.24 bits per heavy atom. The van der Waals surface area contributed by atoms with Crippen LogP contribution in [0.25, 0.3) is 0 Å². The normalized spacial score (nSPS) is 19.8. The van der Waals surface area contributed by atoms with Crippen molar-refractivity contribution >= 4 is 5.91 Å². The van der Waals surface area contributed by atoms with E-state index in [1.165, 1.54) is 0 Å². The topological polar surface area (TPSA) is 71.6 Å². The molecule has 1 N–H and O–H groups in total. The Balaban J connectivity index is 1.70. The molecule has 1 amide bonds. The molecular formula is C19H22N2O4. The predicted octanol–water partition coefficient (Wildman–Crippen LogP) is 1.99. The van der Waals surface area contributed by atoms with E-state index in [-0.39, 0.29) is 17.0 Å². The average molecular weight is 342 g/mol. The smallest absolute Gasteiger partial charge is 0.260 e. The molecule has 132 valence electrons. The van der Waals surface area contributed by atoms with Crippen LogP contribution in [0, 0.1) is 6.92 Å². The molecular weight excluding hydrogens is 320 g/mol. The SMILES string of the molecule is CO[C@]1(COc2ccccc2)CCN(C(=O)c2ccc(C)[nH]c2=O)C1. The maximum atomic E-state index is 12.7. The lowest BCUT2D eigenvalue weighted by Gasteiger charge is -2.27. The molecule has 0 unspecified atom stereocenters. The van der Waals surface area contributed by atoms with Crippen molar-refractivity contribution in [1.82, 2.24) is 9.88 Å². The maximum absolute atomic E-state index is 12.7. The van der Waals surface area contributed by atoms with E-state index in [2.05, 4.69) is 4.98 Å². The number of hydrogen-bond donors (Lipinski definition) is 1. The van der Waals surface area contributed by atoms with Gasteiger partial charge in [-0.05, 0) is 37.6 Å². The van der Waals surface area contributed by atoms with E-state index in [0.29, 0.717) is 26.1 Å². The summed E-state index contributed by atoms with van der Waals surface area (Å²) >= 11 is 0. The summed E-state index contributed by atoms with van der Waals surface area (Å²) in [6, 6.07) is 12.8. The van der Waals surface area contributed by atoms with Crippen LogP contribution in [0.3, 0.4) is 0 Å². The Bertz CT molecular complexity index is 803. The molecule has 25 heavy (non-hydrogen) atoms. The average Bonchev–Trinajstić information content (AvgIpc) is 3.06. The molecule has 0 spiro atoms. The zero-order chi connectivity index (χ0) is 17.9. The zero-order valence-corrected chi connectivity index (χ0v) is 14.5. The Morgan fingerprint density at radius 2 is 2.00 bits per heavy atom. The number of carbonyl (C=O) groups excluding carboxylic acids is 1. The maximum Gasteiger partial charge on any atom is 0.260 e. The van der Waals surface area contributed by atoms with Crippen molar-refractivity contribution in [2.75, 3.05) is 26.8 Å². The van der Waals surface area contributed by atoms with Gasteiger partial charge in [-0.15, -0.1) is 0 Å². The number of aryl methyl sites for hydroxylation is 1. The number of nitrogens with one attached hydrogen (secondary N) is 1. The molecule has 0 radical (unpaired) electrons. The number of benzene rings is 1. The summed E-state index contributed by atoms with van der Waals surface area (Å²) < 4.78 is 11.5. The summed E-state index contributed by atoms with van der Waals surface area (Å²) in [6.07, 6.45) is 0.659. The van der Waals surface area contributed by atoms with E-state index in [1.807, 2.05) is 30.3 Å². The fraction of sp³-hybridized carbons (Fsp3) is 0.368. The number of ether oxygens (including phenoxy) is 2. The van der Waals surface area contributed by atoms with E-state index >= 15 is 0 Å². The van der Waals surface area contributed by atoms with Crippen LogP contribution >= 0.6 is 0 Å². The van der Waals surface area contributed by atoms with Gasteiger partial charge < -0.3 is 19.4 Å². The lowest BCUT2D eigenvalue weighted by molar-refractivity contribution is -0.0342. The van der Waals surface area contributed by atoms with Crippen molar-refractivity contribution in [2.45, 2.75) is 18.9 Å². The number of methoxy groups -OCH3 is 1. The second-order valence-electron chi connectivity index (χ2n) is 6.35. The van der Waals surface area contributed by atoms with Crippen LogP contribution in [0.2, 0.25) is 0 Å². The van der Waals surface area contributed by atoms with Crippen LogP contribution in [0.5, 0.6) is 5.75 Å². The van der Waals surface area contributed by atoms with Crippen molar-refractivity contribution in [2.24, 2.45) is 0 Å². The number of carbonyl (C=O) groups is 1. The second kappa shape index (κ2) is 7.11. The highest BCUT2D eigenvalue weighted by Crippen LogP contribution is 2.27. The Morgan fingerprint density at radius 3 is 2.68 bits per heavy atom. The second-order valence-corrected chi connectivity index (χ2v) is 6.35. The largest absolute Gasteiger partial charge is 0.491 e. The lowest BCUT2D eigenvalue weighted by Crippen LogP contribution is -2.43. The first kappa shape index (κ1) is 17.2. The summed E-state index contributed by atoms with van der Waals surface area (Å²) in [5.41, 5.74) is -0.0458. The molecule has 6 nitrogen and oxygen atoms in total. The highest BCUT2D eigenvalue weighted by Gasteiger charge is 2.41. The number of amides is 1. The van der Waals surface area contributed by atoms with Gasteiger partial charge in [0.1, 0.15) is 23.5 Å². The third-order valence-corrected chi connectivity index (χ3v) is 4.57. The third-order valence-electron chi connectivity index (χ3n) is 4.57. The van der Waals surface area contributed by atoms with E-state index in [0.717, 1.165) is 11.4 Å². The van der Waals surface area contributed by atoms with Crippen molar-refractivity contribution in [1.29, 1.82) is 0 Å². The Labute approximate surface area is 146 Å². The summed E-state index contributed by atoms with van der Waals surface area (Å²) in [5.74, 6) is 0.485. The van der Waals surface area contributed by atoms with E-state index in [4.69, 9.17) is 9.47 Å². The van der Waals surface area contributed by atoms with Gasteiger partial charge in [0.25, 0.3) is 11.5 Å². The van der Waals surface area contributed by atoms with Crippen LogP contribution in [0.1, 0.15) is 22.5 Å². The molecule has 3 rings (SSSR count). The molecule has 0 aliphatic carbocycles. The molecule has 2 heterocycles. The number of likely N-dealkylation sites (tertiary alicyclic amines) is 1. The van der Waals surface area contributed by atoms with Crippen LogP contribution in [-0.2, 0) is 4.74 Å². The molecule has 0 saturated carbocycles. The number of aromatic nitrogens is 1. The molecule has 1 aromatic heterocycles. The highest BCUT2D eigenvalue weighted by atomic mass is 16.5. The number of para-hydroxylation sites is 1. The monoisotopic (exact) mass is 342 g/mol. The fourth-order valence-electron chi connectivity index (χ4n) is 3.00. The van der Waals surface area contributed by atoms with Gasteiger partial charge in [-0.25, -0.2) is 0 Å². The summed E-state index contributed by atoms with van der Waals surface area (Å²) in [6.45, 7) is 3.05. The molecule has 1 aliphatic rings. The highest BCUT2D eigenvalue weighted by molar-refractivity contribution is 5.94.